The number of amides is 2. The number of aromatic nitrogens is 1. The largest absolute Gasteiger partial charge is 0.484 e. The standard InChI is InChI=1S/C26H29N3O3/c1-18(2)25(28-24(30)17-32-20-8-4-3-5-9-20)26(31)29-14-12-19(13-15-29)22-16-27-23-11-7-6-10-21(22)23/h3-12,16,18,25,27H,13-15,17H2,1-2H3,(H,28,30)/t25-/m0/s1. The first kappa shape index (κ1) is 21.7. The summed E-state index contributed by atoms with van der Waals surface area (Å²) in [7, 11) is 0. The first-order valence-corrected chi connectivity index (χ1v) is 11.0. The minimum absolute atomic E-state index is 0.0258. The van der Waals surface area contributed by atoms with Gasteiger partial charge in [0, 0.05) is 35.8 Å². The van der Waals surface area contributed by atoms with Gasteiger partial charge in [-0.15, -0.1) is 0 Å². The number of nitrogens with one attached hydrogen (secondary N) is 2. The van der Waals surface area contributed by atoms with E-state index in [9.17, 15) is 9.59 Å². The third kappa shape index (κ3) is 4.85. The van der Waals surface area contributed by atoms with E-state index >= 15 is 0 Å². The van der Waals surface area contributed by atoms with Gasteiger partial charge in [-0.2, -0.15) is 0 Å². The molecule has 1 atom stereocenters. The Bertz CT molecular complexity index is 1120. The van der Waals surface area contributed by atoms with E-state index in [1.54, 1.807) is 12.1 Å². The van der Waals surface area contributed by atoms with Crippen molar-refractivity contribution in [3.05, 3.63) is 72.4 Å². The molecule has 4 rings (SSSR count). The lowest BCUT2D eigenvalue weighted by Gasteiger charge is -2.32. The van der Waals surface area contributed by atoms with Crippen molar-refractivity contribution in [2.45, 2.75) is 26.3 Å². The number of nitrogens with zero attached hydrogens (tertiary/aromatic N) is 1. The van der Waals surface area contributed by atoms with Gasteiger partial charge < -0.3 is 19.9 Å². The summed E-state index contributed by atoms with van der Waals surface area (Å²) in [5, 5.41) is 4.06. The first-order valence-electron chi connectivity index (χ1n) is 11.0. The Labute approximate surface area is 188 Å². The fourth-order valence-corrected chi connectivity index (χ4v) is 4.04. The molecule has 3 aromatic rings. The predicted octanol–water partition coefficient (Wildman–Crippen LogP) is 4.00. The summed E-state index contributed by atoms with van der Waals surface area (Å²) < 4.78 is 5.51. The minimum Gasteiger partial charge on any atom is -0.484 e. The molecular weight excluding hydrogens is 402 g/mol. The number of aromatic amines is 1. The van der Waals surface area contributed by atoms with Crippen LogP contribution in [0.4, 0.5) is 0 Å². The third-order valence-corrected chi connectivity index (χ3v) is 5.82. The van der Waals surface area contributed by atoms with E-state index in [0.29, 0.717) is 18.8 Å². The van der Waals surface area contributed by atoms with E-state index in [1.165, 1.54) is 16.5 Å². The van der Waals surface area contributed by atoms with Gasteiger partial charge in [0.05, 0.1) is 0 Å². The van der Waals surface area contributed by atoms with Gasteiger partial charge in [0.25, 0.3) is 5.91 Å². The van der Waals surface area contributed by atoms with Crippen LogP contribution in [-0.2, 0) is 9.59 Å². The van der Waals surface area contributed by atoms with Gasteiger partial charge in [-0.25, -0.2) is 0 Å². The van der Waals surface area contributed by atoms with Crippen LogP contribution in [0.2, 0.25) is 0 Å². The van der Waals surface area contributed by atoms with E-state index in [4.69, 9.17) is 4.74 Å². The van der Waals surface area contributed by atoms with Crippen molar-refractivity contribution in [2.75, 3.05) is 19.7 Å². The topological polar surface area (TPSA) is 74.4 Å². The SMILES string of the molecule is CC(C)[C@H](NC(=O)COc1ccccc1)C(=O)N1CC=C(c2c[nH]c3ccccc23)CC1. The zero-order valence-corrected chi connectivity index (χ0v) is 18.5. The predicted molar refractivity (Wildman–Crippen MR) is 126 cm³/mol. The van der Waals surface area contributed by atoms with Gasteiger partial charge in [0.2, 0.25) is 5.91 Å². The van der Waals surface area contributed by atoms with Crippen molar-refractivity contribution in [3.8, 4) is 5.75 Å². The molecule has 1 aliphatic heterocycles. The van der Waals surface area contributed by atoms with Crippen molar-refractivity contribution in [3.63, 3.8) is 0 Å². The summed E-state index contributed by atoms with van der Waals surface area (Å²) in [6.07, 6.45) is 4.94. The number of benzene rings is 2. The third-order valence-electron chi connectivity index (χ3n) is 5.82. The molecule has 0 unspecified atom stereocenters. The molecule has 0 radical (unpaired) electrons. The fraction of sp³-hybridized carbons (Fsp3) is 0.308. The average molecular weight is 432 g/mol. The maximum Gasteiger partial charge on any atom is 0.258 e. The lowest BCUT2D eigenvalue weighted by Crippen LogP contribution is -2.53. The quantitative estimate of drug-likeness (QED) is 0.594. The van der Waals surface area contributed by atoms with Crippen LogP contribution in [0.15, 0.2) is 66.9 Å². The molecule has 0 saturated heterocycles. The molecule has 6 nitrogen and oxygen atoms in total. The van der Waals surface area contributed by atoms with E-state index in [2.05, 4.69) is 28.5 Å². The van der Waals surface area contributed by atoms with E-state index in [-0.39, 0.29) is 24.3 Å². The number of rotatable bonds is 7. The summed E-state index contributed by atoms with van der Waals surface area (Å²) in [5.74, 6) is 0.249. The molecule has 6 heteroatoms. The van der Waals surface area contributed by atoms with Crippen LogP contribution in [-0.4, -0.2) is 47.4 Å². The maximum atomic E-state index is 13.2. The van der Waals surface area contributed by atoms with Crippen LogP contribution >= 0.6 is 0 Å². The number of carbonyl (C=O) groups excluding carboxylic acids is 2. The van der Waals surface area contributed by atoms with Crippen LogP contribution < -0.4 is 10.1 Å². The molecular formula is C26H29N3O3. The highest BCUT2D eigenvalue weighted by molar-refractivity contribution is 5.93. The second kappa shape index (κ2) is 9.73. The molecule has 32 heavy (non-hydrogen) atoms. The smallest absolute Gasteiger partial charge is 0.258 e. The Morgan fingerprint density at radius 3 is 2.56 bits per heavy atom. The molecule has 2 heterocycles. The van der Waals surface area contributed by atoms with E-state index in [0.717, 1.165) is 11.9 Å². The Balaban J connectivity index is 1.38. The highest BCUT2D eigenvalue weighted by Gasteiger charge is 2.30. The van der Waals surface area contributed by atoms with Gasteiger partial charge in [-0.3, -0.25) is 9.59 Å². The van der Waals surface area contributed by atoms with Gasteiger partial charge in [-0.05, 0) is 36.1 Å². The molecule has 0 saturated carbocycles. The lowest BCUT2D eigenvalue weighted by atomic mass is 9.97. The number of hydrogen-bond donors (Lipinski definition) is 2. The summed E-state index contributed by atoms with van der Waals surface area (Å²) in [5.41, 5.74) is 3.55. The second-order valence-corrected chi connectivity index (χ2v) is 8.40. The van der Waals surface area contributed by atoms with Crippen LogP contribution in [0.3, 0.4) is 0 Å². The Morgan fingerprint density at radius 1 is 1.09 bits per heavy atom. The molecule has 0 spiro atoms. The van der Waals surface area contributed by atoms with Crippen molar-refractivity contribution in [1.29, 1.82) is 0 Å². The zero-order valence-electron chi connectivity index (χ0n) is 18.5. The highest BCUT2D eigenvalue weighted by atomic mass is 16.5. The van der Waals surface area contributed by atoms with Gasteiger partial charge >= 0.3 is 0 Å². The van der Waals surface area contributed by atoms with Crippen molar-refractivity contribution < 1.29 is 14.3 Å². The van der Waals surface area contributed by atoms with E-state index in [1.807, 2.05) is 55.3 Å². The Kier molecular flexibility index (Phi) is 6.59. The van der Waals surface area contributed by atoms with Crippen LogP contribution in [0, 0.1) is 5.92 Å². The minimum atomic E-state index is -0.579. The monoisotopic (exact) mass is 431 g/mol. The van der Waals surface area contributed by atoms with Gasteiger partial charge in [0.1, 0.15) is 11.8 Å². The number of carbonyl (C=O) groups is 2. The fourth-order valence-electron chi connectivity index (χ4n) is 4.04. The Hall–Kier alpha value is -3.54. The molecule has 166 valence electrons. The first-order chi connectivity index (χ1) is 15.5. The zero-order chi connectivity index (χ0) is 22.5. The second-order valence-electron chi connectivity index (χ2n) is 8.40. The maximum absolute atomic E-state index is 13.2. The molecule has 0 fully saturated rings. The van der Waals surface area contributed by atoms with Crippen LogP contribution in [0.5, 0.6) is 5.75 Å². The summed E-state index contributed by atoms with van der Waals surface area (Å²) in [4.78, 5) is 30.8. The number of hydrogen-bond acceptors (Lipinski definition) is 3. The van der Waals surface area contributed by atoms with Crippen LogP contribution in [0.1, 0.15) is 25.8 Å². The van der Waals surface area contributed by atoms with Crippen molar-refractivity contribution in [2.24, 2.45) is 5.92 Å². The van der Waals surface area contributed by atoms with Crippen LogP contribution in [0.25, 0.3) is 16.5 Å². The molecule has 1 aliphatic rings. The number of para-hydroxylation sites is 2. The summed E-state index contributed by atoms with van der Waals surface area (Å²) >= 11 is 0. The molecule has 2 amide bonds. The number of H-pyrrole nitrogens is 1. The Morgan fingerprint density at radius 2 is 1.84 bits per heavy atom. The van der Waals surface area contributed by atoms with Gasteiger partial charge in [-0.1, -0.05) is 56.3 Å². The molecule has 0 aliphatic carbocycles. The van der Waals surface area contributed by atoms with Crippen molar-refractivity contribution >= 4 is 28.3 Å². The number of fused-ring (bicyclic) bond motifs is 1. The molecule has 2 aromatic carbocycles. The molecule has 2 N–H and O–H groups in total. The highest BCUT2D eigenvalue weighted by Crippen LogP contribution is 2.29. The lowest BCUT2D eigenvalue weighted by molar-refractivity contribution is -0.137. The van der Waals surface area contributed by atoms with Crippen molar-refractivity contribution in [1.82, 2.24) is 15.2 Å². The molecule has 0 bridgehead atoms. The normalized spacial score (nSPS) is 14.8. The summed E-state index contributed by atoms with van der Waals surface area (Å²) in [6.45, 7) is 4.93. The van der Waals surface area contributed by atoms with E-state index < -0.39 is 6.04 Å². The summed E-state index contributed by atoms with van der Waals surface area (Å²) in [6, 6.07) is 16.8. The molecule has 1 aromatic heterocycles. The average Bonchev–Trinajstić information content (AvgIpc) is 3.25. The van der Waals surface area contributed by atoms with Gasteiger partial charge in [0.15, 0.2) is 6.61 Å². The number of ether oxygens (including phenoxy) is 1.